The first-order valence-corrected chi connectivity index (χ1v) is 10.5. The molecule has 0 saturated heterocycles. The first-order valence-electron chi connectivity index (χ1n) is 8.95. The standard InChI is InChI=1S/C23H22NOP/c1-18-24-22(23(25-18)19-11-5-2-6-12-19)17-26(20-13-7-3-8-14-20)21-15-9-4-10-16-21/h2-16,22-23H,17H2,1H3/t22-,23-/m1/s1. The van der Waals surface area contributed by atoms with Gasteiger partial charge in [0.15, 0.2) is 5.90 Å². The number of hydrogen-bond acceptors (Lipinski definition) is 2. The van der Waals surface area contributed by atoms with E-state index in [1.54, 1.807) is 0 Å². The Kier molecular flexibility index (Phi) is 5.13. The lowest BCUT2D eigenvalue weighted by molar-refractivity contribution is 0.201. The van der Waals surface area contributed by atoms with Gasteiger partial charge in [0.1, 0.15) is 6.10 Å². The third kappa shape index (κ3) is 3.71. The summed E-state index contributed by atoms with van der Waals surface area (Å²) in [5, 5.41) is 2.78. The molecule has 0 saturated carbocycles. The van der Waals surface area contributed by atoms with Crippen molar-refractivity contribution in [2.45, 2.75) is 19.1 Å². The molecule has 130 valence electrons. The van der Waals surface area contributed by atoms with E-state index in [9.17, 15) is 0 Å². The molecular formula is C23H22NOP. The number of ether oxygens (including phenoxy) is 1. The van der Waals surface area contributed by atoms with E-state index in [0.29, 0.717) is 0 Å². The first-order chi connectivity index (χ1) is 12.8. The van der Waals surface area contributed by atoms with Crippen LogP contribution in [0, 0.1) is 0 Å². The summed E-state index contributed by atoms with van der Waals surface area (Å²) in [5.41, 5.74) is 1.20. The van der Waals surface area contributed by atoms with Gasteiger partial charge >= 0.3 is 0 Å². The van der Waals surface area contributed by atoms with Gasteiger partial charge in [-0.2, -0.15) is 0 Å². The molecule has 1 heterocycles. The predicted molar refractivity (Wildman–Crippen MR) is 111 cm³/mol. The number of rotatable bonds is 5. The molecule has 0 amide bonds. The van der Waals surface area contributed by atoms with Crippen molar-refractivity contribution < 1.29 is 4.74 Å². The molecule has 1 aliphatic rings. The highest BCUT2D eigenvalue weighted by Gasteiger charge is 2.33. The molecule has 3 aromatic rings. The van der Waals surface area contributed by atoms with Crippen LogP contribution in [-0.4, -0.2) is 18.1 Å². The SMILES string of the molecule is CC1=N[C@H](CP(c2ccccc2)c2ccccc2)[C@@H](c2ccccc2)O1. The first kappa shape index (κ1) is 17.0. The number of aliphatic imine (C=N–C) groups is 1. The highest BCUT2D eigenvalue weighted by atomic mass is 31.1. The fourth-order valence-electron chi connectivity index (χ4n) is 3.43. The Hall–Kier alpha value is -2.44. The van der Waals surface area contributed by atoms with Crippen LogP contribution in [-0.2, 0) is 4.74 Å². The Bertz CT molecular complexity index is 825. The van der Waals surface area contributed by atoms with Crippen molar-refractivity contribution in [3.8, 4) is 0 Å². The van der Waals surface area contributed by atoms with Gasteiger partial charge in [-0.15, -0.1) is 0 Å². The highest BCUT2D eigenvalue weighted by molar-refractivity contribution is 7.73. The lowest BCUT2D eigenvalue weighted by Gasteiger charge is -2.24. The van der Waals surface area contributed by atoms with Crippen LogP contribution in [0.4, 0.5) is 0 Å². The van der Waals surface area contributed by atoms with Gasteiger partial charge in [-0.25, -0.2) is 4.99 Å². The number of hydrogen-bond donors (Lipinski definition) is 0. The van der Waals surface area contributed by atoms with Crippen LogP contribution in [0.5, 0.6) is 0 Å². The molecule has 0 unspecified atom stereocenters. The van der Waals surface area contributed by atoms with Crippen molar-refractivity contribution in [1.29, 1.82) is 0 Å². The van der Waals surface area contributed by atoms with Crippen LogP contribution >= 0.6 is 7.92 Å². The van der Waals surface area contributed by atoms with Crippen LogP contribution in [0.15, 0.2) is 96.0 Å². The zero-order valence-corrected chi connectivity index (χ0v) is 15.7. The molecule has 26 heavy (non-hydrogen) atoms. The minimum absolute atomic E-state index is 0.00799. The third-order valence-electron chi connectivity index (χ3n) is 4.63. The minimum atomic E-state index is -0.485. The molecule has 0 spiro atoms. The fourth-order valence-corrected chi connectivity index (χ4v) is 5.86. The second kappa shape index (κ2) is 7.85. The van der Waals surface area contributed by atoms with Crippen molar-refractivity contribution in [3.63, 3.8) is 0 Å². The average molecular weight is 359 g/mol. The van der Waals surface area contributed by atoms with Gasteiger partial charge in [0, 0.05) is 13.1 Å². The Morgan fingerprint density at radius 3 is 1.81 bits per heavy atom. The second-order valence-corrected chi connectivity index (χ2v) is 8.70. The van der Waals surface area contributed by atoms with Crippen molar-refractivity contribution in [2.75, 3.05) is 6.16 Å². The Morgan fingerprint density at radius 1 is 0.769 bits per heavy atom. The lowest BCUT2D eigenvalue weighted by Crippen LogP contribution is -2.24. The highest BCUT2D eigenvalue weighted by Crippen LogP contribution is 2.40. The molecule has 3 aromatic carbocycles. The van der Waals surface area contributed by atoms with Crippen molar-refractivity contribution in [1.82, 2.24) is 0 Å². The molecule has 0 radical (unpaired) electrons. The fraction of sp³-hybridized carbons (Fsp3) is 0.174. The molecule has 0 N–H and O–H groups in total. The summed E-state index contributed by atoms with van der Waals surface area (Å²) in [6.07, 6.45) is 0.994. The third-order valence-corrected chi connectivity index (χ3v) is 7.21. The molecule has 3 heteroatoms. The van der Waals surface area contributed by atoms with E-state index in [4.69, 9.17) is 9.73 Å². The van der Waals surface area contributed by atoms with E-state index in [1.165, 1.54) is 16.2 Å². The van der Waals surface area contributed by atoms with E-state index in [2.05, 4.69) is 84.9 Å². The van der Waals surface area contributed by atoms with E-state index in [-0.39, 0.29) is 12.1 Å². The molecule has 2 atom stereocenters. The maximum absolute atomic E-state index is 6.09. The Labute approximate surface area is 156 Å². The molecule has 4 rings (SSSR count). The van der Waals surface area contributed by atoms with Crippen LogP contribution in [0.25, 0.3) is 0 Å². The van der Waals surface area contributed by atoms with Gasteiger partial charge in [0.05, 0.1) is 6.04 Å². The van der Waals surface area contributed by atoms with Gasteiger partial charge in [-0.3, -0.25) is 0 Å². The monoisotopic (exact) mass is 359 g/mol. The molecule has 0 aliphatic carbocycles. The predicted octanol–water partition coefficient (Wildman–Crippen LogP) is 4.68. The molecule has 2 nitrogen and oxygen atoms in total. The van der Waals surface area contributed by atoms with Gasteiger partial charge in [-0.05, 0) is 24.1 Å². The van der Waals surface area contributed by atoms with E-state index >= 15 is 0 Å². The van der Waals surface area contributed by atoms with Gasteiger partial charge in [-0.1, -0.05) is 91.0 Å². The molecule has 0 fully saturated rings. The van der Waals surface area contributed by atoms with Gasteiger partial charge in [0.2, 0.25) is 0 Å². The molecule has 1 aliphatic heterocycles. The molecule has 0 aromatic heterocycles. The van der Waals surface area contributed by atoms with E-state index < -0.39 is 7.92 Å². The maximum Gasteiger partial charge on any atom is 0.181 e. The summed E-state index contributed by atoms with van der Waals surface area (Å²) in [6.45, 7) is 1.96. The van der Waals surface area contributed by atoms with E-state index in [0.717, 1.165) is 12.1 Å². The van der Waals surface area contributed by atoms with Crippen LogP contribution in [0.1, 0.15) is 18.6 Å². The largest absolute Gasteiger partial charge is 0.471 e. The maximum atomic E-state index is 6.09. The number of nitrogens with zero attached hydrogens (tertiary/aromatic N) is 1. The van der Waals surface area contributed by atoms with Crippen molar-refractivity contribution in [3.05, 3.63) is 96.6 Å². The minimum Gasteiger partial charge on any atom is -0.471 e. The quantitative estimate of drug-likeness (QED) is 0.606. The summed E-state index contributed by atoms with van der Waals surface area (Å²) < 4.78 is 6.09. The summed E-state index contributed by atoms with van der Waals surface area (Å²) in [6, 6.07) is 32.2. The summed E-state index contributed by atoms with van der Waals surface area (Å²) in [4.78, 5) is 4.85. The zero-order valence-electron chi connectivity index (χ0n) is 14.8. The average Bonchev–Trinajstić information content (AvgIpc) is 3.08. The summed E-state index contributed by atoms with van der Waals surface area (Å²) >= 11 is 0. The summed E-state index contributed by atoms with van der Waals surface area (Å²) in [5.74, 6) is 0.792. The molecule has 0 bridgehead atoms. The van der Waals surface area contributed by atoms with E-state index in [1.807, 2.05) is 13.0 Å². The lowest BCUT2D eigenvalue weighted by atomic mass is 10.0. The topological polar surface area (TPSA) is 21.6 Å². The van der Waals surface area contributed by atoms with Crippen LogP contribution < -0.4 is 10.6 Å². The van der Waals surface area contributed by atoms with Crippen LogP contribution in [0.2, 0.25) is 0 Å². The normalized spacial score (nSPS) is 19.2. The van der Waals surface area contributed by atoms with Crippen molar-refractivity contribution >= 4 is 24.4 Å². The Balaban J connectivity index is 1.66. The van der Waals surface area contributed by atoms with Crippen molar-refractivity contribution in [2.24, 2.45) is 4.99 Å². The second-order valence-electron chi connectivity index (χ2n) is 6.45. The molecular weight excluding hydrogens is 337 g/mol. The summed E-state index contributed by atoms with van der Waals surface area (Å²) in [7, 11) is -0.485. The number of benzene rings is 3. The van der Waals surface area contributed by atoms with Gasteiger partial charge in [0.25, 0.3) is 0 Å². The van der Waals surface area contributed by atoms with Gasteiger partial charge < -0.3 is 4.74 Å². The zero-order chi connectivity index (χ0) is 17.8. The Morgan fingerprint density at radius 2 is 1.27 bits per heavy atom. The van der Waals surface area contributed by atoms with Crippen LogP contribution in [0.3, 0.4) is 0 Å². The smallest absolute Gasteiger partial charge is 0.181 e.